The summed E-state index contributed by atoms with van der Waals surface area (Å²) < 4.78 is 24.8. The van der Waals surface area contributed by atoms with Crippen molar-refractivity contribution < 1.29 is 13.5 Å². The Kier molecular flexibility index (Phi) is 5.20. The van der Waals surface area contributed by atoms with Crippen LogP contribution in [0.3, 0.4) is 0 Å². The summed E-state index contributed by atoms with van der Waals surface area (Å²) >= 11 is 3.38. The molecule has 0 aliphatic rings. The van der Waals surface area contributed by atoms with Crippen LogP contribution in [0.15, 0.2) is 39.6 Å². The van der Waals surface area contributed by atoms with Crippen molar-refractivity contribution in [1.29, 1.82) is 0 Å². The van der Waals surface area contributed by atoms with Crippen LogP contribution >= 0.6 is 15.9 Å². The van der Waals surface area contributed by atoms with E-state index < -0.39 is 0 Å². The molecule has 0 bridgehead atoms. The lowest BCUT2D eigenvalue weighted by Gasteiger charge is -2.19. The van der Waals surface area contributed by atoms with Gasteiger partial charge in [-0.25, -0.2) is 4.39 Å². The van der Waals surface area contributed by atoms with E-state index in [-0.39, 0.29) is 17.6 Å². The van der Waals surface area contributed by atoms with Gasteiger partial charge in [-0.15, -0.1) is 0 Å². The predicted octanol–water partition coefficient (Wildman–Crippen LogP) is 4.28. The molecule has 0 radical (unpaired) electrons. The van der Waals surface area contributed by atoms with E-state index in [0.717, 1.165) is 24.1 Å². The molecule has 5 heteroatoms. The van der Waals surface area contributed by atoms with E-state index in [2.05, 4.69) is 28.2 Å². The van der Waals surface area contributed by atoms with Gasteiger partial charge in [-0.1, -0.05) is 13.0 Å². The molecule has 108 valence electrons. The first kappa shape index (κ1) is 15.1. The van der Waals surface area contributed by atoms with Crippen molar-refractivity contribution in [1.82, 2.24) is 5.32 Å². The van der Waals surface area contributed by atoms with Crippen LogP contribution < -0.4 is 10.1 Å². The summed E-state index contributed by atoms with van der Waals surface area (Å²) in [4.78, 5) is 0. The minimum atomic E-state index is -0.368. The third-order valence-electron chi connectivity index (χ3n) is 3.06. The van der Waals surface area contributed by atoms with Crippen LogP contribution in [0.2, 0.25) is 0 Å². The summed E-state index contributed by atoms with van der Waals surface area (Å²) in [5.74, 6) is -0.123. The molecule has 0 saturated carbocycles. The molecule has 1 atom stereocenters. The quantitative estimate of drug-likeness (QED) is 0.851. The average molecular weight is 342 g/mol. The molecule has 0 spiro atoms. The Hall–Kier alpha value is -1.33. The summed E-state index contributed by atoms with van der Waals surface area (Å²) in [5.41, 5.74) is 1.78. The second kappa shape index (κ2) is 6.90. The van der Waals surface area contributed by atoms with Crippen LogP contribution in [0, 0.1) is 5.82 Å². The zero-order chi connectivity index (χ0) is 14.5. The number of methoxy groups -OCH3 is 1. The molecule has 0 aliphatic carbocycles. The minimum absolute atomic E-state index is 0.122. The van der Waals surface area contributed by atoms with Crippen LogP contribution in [0.25, 0.3) is 0 Å². The normalized spacial score (nSPS) is 12.4. The summed E-state index contributed by atoms with van der Waals surface area (Å²) in [7, 11) is 1.46. The summed E-state index contributed by atoms with van der Waals surface area (Å²) in [6.45, 7) is 2.92. The largest absolute Gasteiger partial charge is 0.494 e. The second-order valence-electron chi connectivity index (χ2n) is 4.43. The van der Waals surface area contributed by atoms with Gasteiger partial charge in [-0.3, -0.25) is 0 Å². The molecular formula is C15H17BrFNO2. The molecule has 0 fully saturated rings. The predicted molar refractivity (Wildman–Crippen MR) is 79.5 cm³/mol. The maximum absolute atomic E-state index is 13.9. The minimum Gasteiger partial charge on any atom is -0.494 e. The van der Waals surface area contributed by atoms with Gasteiger partial charge < -0.3 is 14.5 Å². The van der Waals surface area contributed by atoms with Crippen molar-refractivity contribution >= 4 is 15.9 Å². The zero-order valence-corrected chi connectivity index (χ0v) is 13.0. The van der Waals surface area contributed by atoms with Gasteiger partial charge in [0, 0.05) is 5.56 Å². The topological polar surface area (TPSA) is 34.4 Å². The van der Waals surface area contributed by atoms with E-state index in [4.69, 9.17) is 9.15 Å². The Morgan fingerprint density at radius 1 is 1.40 bits per heavy atom. The van der Waals surface area contributed by atoms with Crippen LogP contribution in [0.1, 0.15) is 30.5 Å². The van der Waals surface area contributed by atoms with Crippen LogP contribution in [0.5, 0.6) is 5.75 Å². The Morgan fingerprint density at radius 3 is 2.75 bits per heavy atom. The lowest BCUT2D eigenvalue weighted by atomic mass is 10.0. The SMILES string of the molecule is CCCNC(c1ccc(OC)c(F)c1)c1ccoc1Br. The monoisotopic (exact) mass is 341 g/mol. The van der Waals surface area contributed by atoms with Gasteiger partial charge in [0.25, 0.3) is 0 Å². The Bertz CT molecular complexity index is 571. The van der Waals surface area contributed by atoms with Gasteiger partial charge in [0.1, 0.15) is 0 Å². The molecule has 1 aromatic carbocycles. The molecular weight excluding hydrogens is 325 g/mol. The molecule has 20 heavy (non-hydrogen) atoms. The third-order valence-corrected chi connectivity index (χ3v) is 3.71. The lowest BCUT2D eigenvalue weighted by molar-refractivity contribution is 0.385. The lowest BCUT2D eigenvalue weighted by Crippen LogP contribution is -2.23. The molecule has 2 rings (SSSR count). The number of hydrogen-bond donors (Lipinski definition) is 1. The smallest absolute Gasteiger partial charge is 0.174 e. The number of benzene rings is 1. The van der Waals surface area contributed by atoms with Crippen molar-refractivity contribution in [3.63, 3.8) is 0 Å². The summed E-state index contributed by atoms with van der Waals surface area (Å²) in [5, 5.41) is 3.40. The Morgan fingerprint density at radius 2 is 2.20 bits per heavy atom. The maximum atomic E-state index is 13.9. The summed E-state index contributed by atoms with van der Waals surface area (Å²) in [6, 6.07) is 6.74. The Balaban J connectivity index is 2.36. The highest BCUT2D eigenvalue weighted by molar-refractivity contribution is 9.10. The molecule has 0 aliphatic heterocycles. The van der Waals surface area contributed by atoms with E-state index in [1.807, 2.05) is 12.1 Å². The van der Waals surface area contributed by atoms with Crippen molar-refractivity contribution in [2.24, 2.45) is 0 Å². The molecule has 1 aromatic heterocycles. The standard InChI is InChI=1S/C15H17BrFNO2/c1-3-7-18-14(11-6-8-20-15(11)16)10-4-5-13(19-2)12(17)9-10/h4-6,8-9,14,18H,3,7H2,1-2H3. The highest BCUT2D eigenvalue weighted by Gasteiger charge is 2.19. The van der Waals surface area contributed by atoms with E-state index in [9.17, 15) is 4.39 Å². The highest BCUT2D eigenvalue weighted by Crippen LogP contribution is 2.31. The first-order valence-electron chi connectivity index (χ1n) is 6.47. The van der Waals surface area contributed by atoms with Gasteiger partial charge in [0.05, 0.1) is 19.4 Å². The van der Waals surface area contributed by atoms with Gasteiger partial charge in [-0.05, 0) is 52.7 Å². The number of hydrogen-bond acceptors (Lipinski definition) is 3. The van der Waals surface area contributed by atoms with E-state index in [1.165, 1.54) is 13.2 Å². The third kappa shape index (κ3) is 3.22. The first-order chi connectivity index (χ1) is 9.67. The first-order valence-corrected chi connectivity index (χ1v) is 7.26. The molecule has 1 N–H and O–H groups in total. The number of rotatable bonds is 6. The fraction of sp³-hybridized carbons (Fsp3) is 0.333. The van der Waals surface area contributed by atoms with Crippen molar-refractivity contribution in [2.75, 3.05) is 13.7 Å². The van der Waals surface area contributed by atoms with Crippen LogP contribution in [-0.2, 0) is 0 Å². The van der Waals surface area contributed by atoms with Crippen LogP contribution in [0.4, 0.5) is 4.39 Å². The number of ether oxygens (including phenoxy) is 1. The van der Waals surface area contributed by atoms with Gasteiger partial charge >= 0.3 is 0 Å². The molecule has 1 heterocycles. The highest BCUT2D eigenvalue weighted by atomic mass is 79.9. The molecule has 3 nitrogen and oxygen atoms in total. The second-order valence-corrected chi connectivity index (χ2v) is 5.15. The average Bonchev–Trinajstić information content (AvgIpc) is 2.86. The van der Waals surface area contributed by atoms with Crippen LogP contribution in [-0.4, -0.2) is 13.7 Å². The van der Waals surface area contributed by atoms with Crippen molar-refractivity contribution in [2.45, 2.75) is 19.4 Å². The maximum Gasteiger partial charge on any atom is 0.174 e. The fourth-order valence-corrected chi connectivity index (χ4v) is 2.54. The van der Waals surface area contributed by atoms with Gasteiger partial charge in [0.2, 0.25) is 0 Å². The van der Waals surface area contributed by atoms with E-state index in [1.54, 1.807) is 12.3 Å². The van der Waals surface area contributed by atoms with Crippen molar-refractivity contribution in [3.8, 4) is 5.75 Å². The van der Waals surface area contributed by atoms with E-state index in [0.29, 0.717) is 4.67 Å². The zero-order valence-electron chi connectivity index (χ0n) is 11.5. The fourth-order valence-electron chi connectivity index (χ4n) is 2.07. The molecule has 2 aromatic rings. The molecule has 1 unspecified atom stereocenters. The van der Waals surface area contributed by atoms with Gasteiger partial charge in [0.15, 0.2) is 16.2 Å². The number of nitrogens with one attached hydrogen (secondary N) is 1. The number of halogens is 2. The molecule has 0 amide bonds. The van der Waals surface area contributed by atoms with Gasteiger partial charge in [-0.2, -0.15) is 0 Å². The molecule has 0 saturated heterocycles. The van der Waals surface area contributed by atoms with Crippen molar-refractivity contribution in [3.05, 3.63) is 52.1 Å². The Labute approximate surface area is 126 Å². The van der Waals surface area contributed by atoms with E-state index >= 15 is 0 Å². The summed E-state index contributed by atoms with van der Waals surface area (Å²) in [6.07, 6.45) is 2.60. The number of furan rings is 1.